The van der Waals surface area contributed by atoms with Crippen molar-refractivity contribution in [2.45, 2.75) is 31.7 Å². The van der Waals surface area contributed by atoms with Gasteiger partial charge in [-0.2, -0.15) is 15.4 Å². The number of hydrogen-bond acceptors (Lipinski definition) is 4. The Bertz CT molecular complexity index is 772. The Balaban J connectivity index is 1.38. The smallest absolute Gasteiger partial charge is 0.253 e. The third-order valence-corrected chi connectivity index (χ3v) is 6.12. The summed E-state index contributed by atoms with van der Waals surface area (Å²) < 4.78 is 0. The molecular formula is C18H23N5O. The van der Waals surface area contributed by atoms with Crippen molar-refractivity contribution in [2.24, 2.45) is 11.8 Å². The molecule has 1 aromatic carbocycles. The van der Waals surface area contributed by atoms with Gasteiger partial charge >= 0.3 is 0 Å². The van der Waals surface area contributed by atoms with Gasteiger partial charge in [0.1, 0.15) is 11.0 Å². The minimum atomic E-state index is 0.152. The third-order valence-electron chi connectivity index (χ3n) is 6.12. The zero-order valence-electron chi connectivity index (χ0n) is 13.8. The van der Waals surface area contributed by atoms with E-state index in [0.717, 1.165) is 29.7 Å². The summed E-state index contributed by atoms with van der Waals surface area (Å²) >= 11 is 0. The Morgan fingerprint density at radius 1 is 1.12 bits per heavy atom. The molecule has 2 bridgehead atoms. The molecule has 1 aromatic heterocycles. The van der Waals surface area contributed by atoms with Crippen LogP contribution in [0.4, 0.5) is 0 Å². The number of aromatic amines is 1. The molecule has 6 nitrogen and oxygen atoms in total. The number of hydrogen-bond donors (Lipinski definition) is 1. The highest BCUT2D eigenvalue weighted by molar-refractivity contribution is 5.97. The molecule has 3 saturated heterocycles. The Labute approximate surface area is 141 Å². The summed E-state index contributed by atoms with van der Waals surface area (Å²) in [5, 5.41) is 10.8. The molecule has 3 atom stereocenters. The second-order valence-electron chi connectivity index (χ2n) is 7.66. The lowest BCUT2D eigenvalue weighted by Crippen LogP contribution is -2.59. The van der Waals surface area contributed by atoms with Crippen molar-refractivity contribution in [2.75, 3.05) is 26.2 Å². The first-order chi connectivity index (χ1) is 11.8. The molecule has 1 amide bonds. The lowest BCUT2D eigenvalue weighted by Gasteiger charge is -2.52. The van der Waals surface area contributed by atoms with E-state index >= 15 is 0 Å². The quantitative estimate of drug-likeness (QED) is 0.870. The van der Waals surface area contributed by atoms with Crippen molar-refractivity contribution in [3.05, 3.63) is 23.8 Å². The summed E-state index contributed by atoms with van der Waals surface area (Å²) in [5.74, 6) is 1.44. The summed E-state index contributed by atoms with van der Waals surface area (Å²) in [7, 11) is 0. The van der Waals surface area contributed by atoms with Crippen LogP contribution in [0.1, 0.15) is 36.0 Å². The molecule has 0 spiro atoms. The molecule has 24 heavy (non-hydrogen) atoms. The van der Waals surface area contributed by atoms with E-state index in [1.54, 1.807) is 0 Å². The van der Waals surface area contributed by atoms with Crippen LogP contribution in [0.15, 0.2) is 18.2 Å². The van der Waals surface area contributed by atoms with Gasteiger partial charge in [0, 0.05) is 31.2 Å². The average molecular weight is 325 g/mol. The fourth-order valence-electron chi connectivity index (χ4n) is 5.09. The van der Waals surface area contributed by atoms with Crippen molar-refractivity contribution in [3.8, 4) is 0 Å². The Hall–Kier alpha value is -1.95. The zero-order chi connectivity index (χ0) is 16.1. The maximum absolute atomic E-state index is 13.0. The van der Waals surface area contributed by atoms with Gasteiger partial charge in [-0.3, -0.25) is 9.69 Å². The van der Waals surface area contributed by atoms with Crippen LogP contribution in [0.2, 0.25) is 0 Å². The fraction of sp³-hybridized carbons (Fsp3) is 0.611. The van der Waals surface area contributed by atoms with Crippen molar-refractivity contribution in [3.63, 3.8) is 0 Å². The summed E-state index contributed by atoms with van der Waals surface area (Å²) in [6.45, 7) is 4.24. The van der Waals surface area contributed by atoms with E-state index in [1.807, 2.05) is 18.2 Å². The maximum atomic E-state index is 13.0. The number of benzene rings is 1. The van der Waals surface area contributed by atoms with Gasteiger partial charge in [-0.15, -0.1) is 0 Å². The van der Waals surface area contributed by atoms with Crippen molar-refractivity contribution < 1.29 is 4.79 Å². The van der Waals surface area contributed by atoms with E-state index in [4.69, 9.17) is 0 Å². The van der Waals surface area contributed by atoms with Gasteiger partial charge in [-0.1, -0.05) is 6.42 Å². The van der Waals surface area contributed by atoms with E-state index in [0.29, 0.717) is 17.9 Å². The van der Waals surface area contributed by atoms with Crippen molar-refractivity contribution in [1.82, 2.24) is 25.2 Å². The van der Waals surface area contributed by atoms with Gasteiger partial charge in [0.15, 0.2) is 0 Å². The van der Waals surface area contributed by atoms with Crippen molar-refractivity contribution in [1.29, 1.82) is 0 Å². The number of nitrogens with one attached hydrogen (secondary N) is 1. The van der Waals surface area contributed by atoms with Crippen LogP contribution in [0.5, 0.6) is 0 Å². The number of nitrogens with zero attached hydrogens (tertiary/aromatic N) is 4. The van der Waals surface area contributed by atoms with Gasteiger partial charge in [-0.25, -0.2) is 0 Å². The molecule has 1 N–H and O–H groups in total. The van der Waals surface area contributed by atoms with Gasteiger partial charge in [-0.05, 0) is 55.8 Å². The second-order valence-corrected chi connectivity index (χ2v) is 7.66. The van der Waals surface area contributed by atoms with E-state index < -0.39 is 0 Å². The van der Waals surface area contributed by atoms with Gasteiger partial charge in [0.05, 0.1) is 0 Å². The SMILES string of the molecule is O=C(c1ccc2n[nH]nc2c1)N1C[C@@H]2C[C@H](C1)[C@@H]1CCCCN1C2. The highest BCUT2D eigenvalue weighted by atomic mass is 16.2. The minimum absolute atomic E-state index is 0.152. The zero-order valence-corrected chi connectivity index (χ0v) is 13.8. The number of amides is 1. The van der Waals surface area contributed by atoms with Crippen molar-refractivity contribution >= 4 is 16.9 Å². The lowest BCUT2D eigenvalue weighted by atomic mass is 9.76. The molecule has 5 rings (SSSR count). The van der Waals surface area contributed by atoms with Crippen LogP contribution < -0.4 is 0 Å². The van der Waals surface area contributed by atoms with E-state index in [1.165, 1.54) is 38.8 Å². The normalized spacial score (nSPS) is 30.3. The highest BCUT2D eigenvalue weighted by Crippen LogP contribution is 2.37. The summed E-state index contributed by atoms with van der Waals surface area (Å²) in [5.41, 5.74) is 2.30. The molecule has 126 valence electrons. The number of aromatic nitrogens is 3. The second kappa shape index (κ2) is 5.55. The number of H-pyrrole nitrogens is 1. The number of piperidine rings is 3. The number of carbonyl (C=O) groups excluding carboxylic acids is 1. The summed E-state index contributed by atoms with van der Waals surface area (Å²) in [4.78, 5) is 17.8. The van der Waals surface area contributed by atoms with Gasteiger partial charge in [0.2, 0.25) is 0 Å². The molecule has 6 heteroatoms. The largest absolute Gasteiger partial charge is 0.338 e. The predicted molar refractivity (Wildman–Crippen MR) is 90.6 cm³/mol. The van der Waals surface area contributed by atoms with Crippen LogP contribution in [0, 0.1) is 11.8 Å². The average Bonchev–Trinajstić information content (AvgIpc) is 3.08. The van der Waals surface area contributed by atoms with E-state index in [9.17, 15) is 4.79 Å². The van der Waals surface area contributed by atoms with Crippen LogP contribution in [-0.4, -0.2) is 63.3 Å². The molecule has 3 fully saturated rings. The third kappa shape index (κ3) is 2.32. The number of fused-ring (bicyclic) bond motifs is 5. The Morgan fingerprint density at radius 3 is 3.00 bits per heavy atom. The molecular weight excluding hydrogens is 302 g/mol. The number of carbonyl (C=O) groups is 1. The molecule has 3 aliphatic heterocycles. The van der Waals surface area contributed by atoms with E-state index in [-0.39, 0.29) is 5.91 Å². The molecule has 0 aliphatic carbocycles. The molecule has 4 heterocycles. The van der Waals surface area contributed by atoms with Crippen LogP contribution >= 0.6 is 0 Å². The van der Waals surface area contributed by atoms with Gasteiger partial charge < -0.3 is 4.90 Å². The van der Waals surface area contributed by atoms with E-state index in [2.05, 4.69) is 25.2 Å². The Morgan fingerprint density at radius 2 is 2.04 bits per heavy atom. The predicted octanol–water partition coefficient (Wildman–Crippen LogP) is 1.90. The summed E-state index contributed by atoms with van der Waals surface area (Å²) in [6.07, 6.45) is 5.30. The monoisotopic (exact) mass is 325 g/mol. The molecule has 0 unspecified atom stereocenters. The van der Waals surface area contributed by atoms with Crippen LogP contribution in [0.3, 0.4) is 0 Å². The van der Waals surface area contributed by atoms with Gasteiger partial charge in [0.25, 0.3) is 5.91 Å². The number of likely N-dealkylation sites (tertiary alicyclic amines) is 1. The first kappa shape index (κ1) is 14.4. The highest BCUT2D eigenvalue weighted by Gasteiger charge is 2.42. The van der Waals surface area contributed by atoms with Crippen LogP contribution in [0.25, 0.3) is 11.0 Å². The summed E-state index contributed by atoms with van der Waals surface area (Å²) in [6, 6.07) is 6.31. The molecule has 3 aliphatic rings. The first-order valence-corrected chi connectivity index (χ1v) is 9.12. The Kier molecular flexibility index (Phi) is 3.33. The first-order valence-electron chi connectivity index (χ1n) is 9.12. The standard InChI is InChI=1S/C18H23N5O/c24-18(13-4-5-15-16(8-13)20-21-19-15)23-10-12-7-14(11-23)17-3-1-2-6-22(17)9-12/h4-5,8,12,14,17H,1-3,6-7,9-11H2,(H,19,20,21)/t12-,14-,17+/m1/s1. The van der Waals surface area contributed by atoms with Crippen LogP contribution in [-0.2, 0) is 0 Å². The maximum Gasteiger partial charge on any atom is 0.253 e. The fourth-order valence-corrected chi connectivity index (χ4v) is 5.09. The number of rotatable bonds is 1. The minimum Gasteiger partial charge on any atom is -0.338 e. The lowest BCUT2D eigenvalue weighted by molar-refractivity contribution is -0.0243. The molecule has 2 aromatic rings. The molecule has 0 saturated carbocycles. The molecule has 0 radical (unpaired) electrons. The topological polar surface area (TPSA) is 65.1 Å².